The Morgan fingerprint density at radius 1 is 0.324 bits per heavy atom. The lowest BCUT2D eigenvalue weighted by molar-refractivity contribution is -0.141. The number of ether oxygens (including phenoxy) is 2. The van der Waals surface area contributed by atoms with E-state index in [0.29, 0.717) is 95.4 Å². The van der Waals surface area contributed by atoms with Crippen molar-refractivity contribution in [3.05, 3.63) is 439 Å². The number of anilines is 4. The zero-order chi connectivity index (χ0) is 104. The molecule has 4 saturated heterocycles. The van der Waals surface area contributed by atoms with Crippen LogP contribution in [0, 0.1) is 46.9 Å². The number of amides is 4. The number of Topliss-reactive ketones (excluding diaryl/α,β-unsaturated/α-hetero) is 1. The van der Waals surface area contributed by atoms with Crippen LogP contribution in [0.25, 0.3) is 44.5 Å². The molecule has 4 aliphatic heterocycles. The van der Waals surface area contributed by atoms with Gasteiger partial charge in [-0.15, -0.1) is 11.8 Å². The van der Waals surface area contributed by atoms with Gasteiger partial charge in [-0.3, -0.25) is 28.5 Å². The third-order valence-corrected chi connectivity index (χ3v) is 28.2. The van der Waals surface area contributed by atoms with Crippen molar-refractivity contribution in [3.8, 4) is 96.3 Å². The maximum absolute atomic E-state index is 13.4. The monoisotopic (exact) mass is 2030 g/mol. The number of ketones is 1. The Labute approximate surface area is 851 Å². The number of β-lactam (4-membered cyclic amide) rings is 4. The second-order valence-electron chi connectivity index (χ2n) is 35.6. The van der Waals surface area contributed by atoms with Gasteiger partial charge in [0, 0.05) is 62.1 Å². The molecule has 4 heterocycles. The van der Waals surface area contributed by atoms with Gasteiger partial charge in [-0.1, -0.05) is 182 Å². The first kappa shape index (κ1) is 103. The summed E-state index contributed by atoms with van der Waals surface area (Å²) in [6.45, 7) is -0.549. The highest BCUT2D eigenvalue weighted by Gasteiger charge is 2.57. The molecule has 4 amide bonds. The van der Waals surface area contributed by atoms with Gasteiger partial charge in [0.15, 0.2) is 5.78 Å². The Morgan fingerprint density at radius 2 is 0.635 bits per heavy atom. The first-order chi connectivity index (χ1) is 71.3. The van der Waals surface area contributed by atoms with Crippen LogP contribution in [0.3, 0.4) is 0 Å². The van der Waals surface area contributed by atoms with Gasteiger partial charge in [-0.25, -0.2) is 17.6 Å². The van der Waals surface area contributed by atoms with Crippen molar-refractivity contribution in [1.29, 1.82) is 0 Å². The fraction of sp³-hybridized carbons (Fsp3) is 0.137. The number of benzene rings is 16. The molecular weight excluding hydrogens is 1940 g/mol. The molecular formula is C117H97F4N4O21PS. The molecule has 12 unspecified atom stereocenters. The Kier molecular flexibility index (Phi) is 31.5. The smallest absolute Gasteiger partial charge is 0.356 e. The Morgan fingerprint density at radius 3 is 0.993 bits per heavy atom. The molecule has 0 aromatic heterocycles. The standard InChI is InChI=1S/C30H27FNO7P.C29H24FNO5.C29H22FNO5.C29H24FNO4S/c31-21-11-6-19(7-12-21)25(33)17-27(35)28-29(32(30(28)36)22-4-2-1-3-5-22)24-15-10-20(16-26(24)34)18-8-13-23(14-9-18)40(37,38)39;3*30-20-10-12-23(13-11-20)36-17-26(34)27-28(31(29(27)35)21-6-2-1-3-7-21)24-14-9-19(16-25(24)33)18-5-4-8-22(32)15-18/h1-16,25,27-29,33-35H,17H2,(H2,37,38,39);1-16,26-28,32-34H,17H2;1-16,27-28,32-33H,17H2;1-16,26-28,32-34H,17H2. The van der Waals surface area contributed by atoms with Crippen molar-refractivity contribution in [1.82, 2.24) is 0 Å². The van der Waals surface area contributed by atoms with Crippen molar-refractivity contribution >= 4 is 76.8 Å². The number of carbonyl (C=O) groups is 5. The molecule has 31 heteroatoms. The summed E-state index contributed by atoms with van der Waals surface area (Å²) in [6, 6.07) is 101. The Hall–Kier alpha value is -16.7. The summed E-state index contributed by atoms with van der Waals surface area (Å²) in [5.41, 5.74) is 10.2. The van der Waals surface area contributed by atoms with Crippen molar-refractivity contribution in [3.63, 3.8) is 0 Å². The molecule has 12 atom stereocenters. The number of hydrogen-bond donors (Lipinski definition) is 13. The van der Waals surface area contributed by atoms with Gasteiger partial charge in [-0.2, -0.15) is 0 Å². The zero-order valence-electron chi connectivity index (χ0n) is 78.4. The zero-order valence-corrected chi connectivity index (χ0v) is 80.2. The number of phenolic OH excluding ortho intramolecular Hbond substituents is 7. The lowest BCUT2D eigenvalue weighted by atomic mass is 9.76. The van der Waals surface area contributed by atoms with E-state index in [0.717, 1.165) is 16.0 Å². The number of aliphatic hydroxyl groups is 4. The maximum atomic E-state index is 13.4. The molecule has 20 rings (SSSR count). The van der Waals surface area contributed by atoms with Gasteiger partial charge in [0.25, 0.3) is 0 Å². The minimum atomic E-state index is -4.39. The van der Waals surface area contributed by atoms with E-state index < -0.39 is 109 Å². The van der Waals surface area contributed by atoms with Crippen molar-refractivity contribution < 1.29 is 122 Å². The van der Waals surface area contributed by atoms with E-state index in [1.54, 1.807) is 210 Å². The van der Waals surface area contributed by atoms with Crippen LogP contribution in [0.5, 0.6) is 51.7 Å². The summed E-state index contributed by atoms with van der Waals surface area (Å²) in [6.07, 6.45) is -4.73. The number of aromatic hydroxyl groups is 7. The normalized spacial score (nSPS) is 17.9. The second kappa shape index (κ2) is 45.3. The van der Waals surface area contributed by atoms with E-state index in [1.165, 1.54) is 137 Å². The number of hydrogen-bond acceptors (Lipinski definition) is 20. The van der Waals surface area contributed by atoms with Crippen molar-refractivity contribution in [2.45, 2.75) is 59.9 Å². The highest BCUT2D eigenvalue weighted by molar-refractivity contribution is 7.99. The van der Waals surface area contributed by atoms with Crippen LogP contribution in [0.15, 0.2) is 393 Å². The lowest BCUT2D eigenvalue weighted by Crippen LogP contribution is -2.60. The van der Waals surface area contributed by atoms with E-state index in [1.807, 2.05) is 72.8 Å². The fourth-order valence-corrected chi connectivity index (χ4v) is 20.1. The molecule has 0 radical (unpaired) electrons. The van der Waals surface area contributed by atoms with Crippen LogP contribution in [0.4, 0.5) is 40.3 Å². The second-order valence-corrected chi connectivity index (χ2v) is 38.3. The van der Waals surface area contributed by atoms with E-state index >= 15 is 0 Å². The quantitative estimate of drug-likeness (QED) is 0.00681. The third-order valence-electron chi connectivity index (χ3n) is 26.1. The van der Waals surface area contributed by atoms with Crippen LogP contribution in [-0.2, 0) is 28.5 Å². The van der Waals surface area contributed by atoms with Gasteiger partial charge in [0.2, 0.25) is 23.6 Å². The Bertz CT molecular complexity index is 7300. The summed E-state index contributed by atoms with van der Waals surface area (Å²) in [4.78, 5) is 91.8. The minimum Gasteiger partial charge on any atom is -0.508 e. The summed E-state index contributed by atoms with van der Waals surface area (Å²) >= 11 is 1.34. The number of rotatable bonds is 29. The number of carbonyl (C=O) groups excluding carboxylic acids is 5. The van der Waals surface area contributed by atoms with E-state index in [4.69, 9.17) is 9.47 Å². The first-order valence-electron chi connectivity index (χ1n) is 46.9. The number of para-hydroxylation sites is 4. The van der Waals surface area contributed by atoms with Crippen LogP contribution < -0.4 is 34.4 Å². The summed E-state index contributed by atoms with van der Waals surface area (Å²) in [5, 5.41) is 117. The number of halogens is 4. The third kappa shape index (κ3) is 23.0. The molecule has 13 N–H and O–H groups in total. The van der Waals surface area contributed by atoms with Gasteiger partial charge < -0.3 is 95.0 Å². The molecule has 0 aliphatic carbocycles. The van der Waals surface area contributed by atoms with Gasteiger partial charge in [0.1, 0.15) is 100 Å². The minimum absolute atomic E-state index is 0.00217. The SMILES string of the molecule is O=C(COc1ccc(F)cc1)C1C(=O)N(c2ccccc2)C1c1ccc(-c2cccc(O)c2)cc1O.O=C1C(C(O)CC(O)c2ccc(F)cc2)C(c2ccc(-c3ccc(P(=O)(O)O)cc3)cc2O)N1c1ccccc1.O=C1C(C(O)COc2ccc(F)cc2)C(c2ccc(-c3cccc(O)c3)cc2O)N1c1ccccc1.O=C1C(C(O)CSc2ccc(F)cc2)C(c2ccc(-c3cccc(O)c3)cc2O)N1c1ccccc1. The number of nitrogens with zero attached hydrogens (tertiary/aromatic N) is 4. The van der Waals surface area contributed by atoms with Crippen molar-refractivity contribution in [2.75, 3.05) is 38.6 Å². The van der Waals surface area contributed by atoms with Crippen LogP contribution in [-0.4, -0.2) is 133 Å². The molecule has 16 aromatic rings. The molecule has 4 fully saturated rings. The largest absolute Gasteiger partial charge is 0.508 e. The summed E-state index contributed by atoms with van der Waals surface area (Å²) < 4.78 is 75.4. The molecule has 4 aliphatic rings. The number of aliphatic hydroxyl groups excluding tert-OH is 4. The summed E-state index contributed by atoms with van der Waals surface area (Å²) in [7, 11) is -4.39. The highest BCUT2D eigenvalue weighted by Crippen LogP contribution is 2.55. The number of phenols is 7. The van der Waals surface area contributed by atoms with Gasteiger partial charge in [-0.05, 0) is 256 Å². The lowest BCUT2D eigenvalue weighted by Gasteiger charge is -2.49. The number of thioether (sulfide) groups is 1. The average Bonchev–Trinajstić information content (AvgIpc) is 0.739. The highest BCUT2D eigenvalue weighted by atomic mass is 32.2. The van der Waals surface area contributed by atoms with E-state index in [2.05, 4.69) is 0 Å². The van der Waals surface area contributed by atoms with Gasteiger partial charge >= 0.3 is 7.60 Å². The topological polar surface area (TPSA) is 397 Å². The maximum Gasteiger partial charge on any atom is 0.356 e. The molecule has 0 spiro atoms. The van der Waals surface area contributed by atoms with Crippen LogP contribution in [0.1, 0.15) is 64.5 Å². The molecule has 148 heavy (non-hydrogen) atoms. The molecule has 0 saturated carbocycles. The van der Waals surface area contributed by atoms with E-state index in [9.17, 15) is 112 Å². The predicted molar refractivity (Wildman–Crippen MR) is 551 cm³/mol. The Balaban J connectivity index is 0.000000135. The average molecular weight is 2030 g/mol. The van der Waals surface area contributed by atoms with Crippen LogP contribution >= 0.6 is 19.4 Å². The predicted octanol–water partition coefficient (Wildman–Crippen LogP) is 20.3. The first-order valence-corrected chi connectivity index (χ1v) is 49.5. The van der Waals surface area contributed by atoms with Crippen molar-refractivity contribution in [2.24, 2.45) is 23.7 Å². The van der Waals surface area contributed by atoms with E-state index in [-0.39, 0.29) is 94.5 Å². The molecule has 0 bridgehead atoms. The molecule has 16 aromatic carbocycles. The van der Waals surface area contributed by atoms with Crippen LogP contribution in [0.2, 0.25) is 0 Å². The summed E-state index contributed by atoms with van der Waals surface area (Å²) in [5.74, 6) is -5.97. The molecule has 750 valence electrons. The molecule has 25 nitrogen and oxygen atoms in total. The van der Waals surface area contributed by atoms with Gasteiger partial charge in [0.05, 0.1) is 65.5 Å². The fourth-order valence-electron chi connectivity index (χ4n) is 18.7.